The maximum absolute atomic E-state index is 3.69. The summed E-state index contributed by atoms with van der Waals surface area (Å²) in [7, 11) is 4.36. The Kier molecular flexibility index (Phi) is 6.22. The molecule has 3 heteroatoms. The van der Waals surface area contributed by atoms with Crippen LogP contribution in [0.3, 0.4) is 0 Å². The minimum Gasteiger partial charge on any atom is -0.309 e. The lowest BCUT2D eigenvalue weighted by molar-refractivity contribution is 0.190. The first-order chi connectivity index (χ1) is 10.1. The topological polar surface area (TPSA) is 18.5 Å². The van der Waals surface area contributed by atoms with Gasteiger partial charge in [-0.3, -0.25) is 4.90 Å². The molecule has 0 spiro atoms. The van der Waals surface area contributed by atoms with Gasteiger partial charge in [-0.05, 0) is 58.1 Å². The third-order valence-electron chi connectivity index (χ3n) is 4.51. The summed E-state index contributed by atoms with van der Waals surface area (Å²) in [4.78, 5) is 5.00. The van der Waals surface area contributed by atoms with Gasteiger partial charge < -0.3 is 10.2 Å². The quantitative estimate of drug-likeness (QED) is 0.832. The van der Waals surface area contributed by atoms with Gasteiger partial charge in [0.1, 0.15) is 0 Å². The summed E-state index contributed by atoms with van der Waals surface area (Å²) in [5.74, 6) is 0. The van der Waals surface area contributed by atoms with Crippen molar-refractivity contribution < 1.29 is 0 Å². The summed E-state index contributed by atoms with van der Waals surface area (Å²) in [5.41, 5.74) is 2.85. The van der Waals surface area contributed by atoms with Crippen LogP contribution < -0.4 is 5.32 Å². The van der Waals surface area contributed by atoms with E-state index in [1.165, 1.54) is 37.1 Å². The molecular weight excluding hydrogens is 258 g/mol. The van der Waals surface area contributed by atoms with Gasteiger partial charge in [-0.15, -0.1) is 0 Å². The molecule has 1 saturated heterocycles. The van der Waals surface area contributed by atoms with E-state index in [4.69, 9.17) is 0 Å². The van der Waals surface area contributed by atoms with E-state index in [9.17, 15) is 0 Å². The van der Waals surface area contributed by atoms with Gasteiger partial charge in [0.25, 0.3) is 0 Å². The van der Waals surface area contributed by atoms with E-state index in [-0.39, 0.29) is 0 Å². The smallest absolute Gasteiger partial charge is 0.0451 e. The summed E-state index contributed by atoms with van der Waals surface area (Å²) in [6.45, 7) is 8.98. The molecule has 118 valence electrons. The predicted molar refractivity (Wildman–Crippen MR) is 90.7 cm³/mol. The molecule has 2 atom stereocenters. The van der Waals surface area contributed by atoms with E-state index in [0.29, 0.717) is 12.1 Å². The number of nitrogens with zero attached hydrogens (tertiary/aromatic N) is 2. The van der Waals surface area contributed by atoms with Crippen molar-refractivity contribution in [3.8, 4) is 0 Å². The van der Waals surface area contributed by atoms with E-state index >= 15 is 0 Å². The van der Waals surface area contributed by atoms with Crippen LogP contribution in [0.5, 0.6) is 0 Å². The molecule has 0 radical (unpaired) electrons. The average Bonchev–Trinajstić information content (AvgIpc) is 2.85. The molecule has 1 heterocycles. The van der Waals surface area contributed by atoms with E-state index in [1.54, 1.807) is 0 Å². The highest BCUT2D eigenvalue weighted by molar-refractivity contribution is 5.29. The molecule has 0 bridgehead atoms. The molecule has 0 saturated carbocycles. The number of nitrogens with one attached hydrogen (secondary N) is 1. The Balaban J connectivity index is 2.07. The first-order valence-corrected chi connectivity index (χ1v) is 8.29. The second-order valence-electron chi connectivity index (χ2n) is 6.52. The Morgan fingerprint density at radius 3 is 2.76 bits per heavy atom. The highest BCUT2D eigenvalue weighted by atomic mass is 15.2. The summed E-state index contributed by atoms with van der Waals surface area (Å²) in [5, 5.41) is 3.69. The largest absolute Gasteiger partial charge is 0.309 e. The maximum Gasteiger partial charge on any atom is 0.0451 e. The Morgan fingerprint density at radius 1 is 1.33 bits per heavy atom. The fourth-order valence-electron chi connectivity index (χ4n) is 3.50. The Labute approximate surface area is 130 Å². The van der Waals surface area contributed by atoms with Crippen LogP contribution >= 0.6 is 0 Å². The van der Waals surface area contributed by atoms with Gasteiger partial charge in [-0.1, -0.05) is 31.2 Å². The summed E-state index contributed by atoms with van der Waals surface area (Å²) < 4.78 is 0. The van der Waals surface area contributed by atoms with Crippen LogP contribution in [0.15, 0.2) is 24.3 Å². The summed E-state index contributed by atoms with van der Waals surface area (Å²) in [6, 6.07) is 9.95. The van der Waals surface area contributed by atoms with Crippen LogP contribution in [-0.2, 0) is 0 Å². The lowest BCUT2D eigenvalue weighted by Gasteiger charge is -2.31. The molecule has 1 aromatic carbocycles. The molecule has 1 aliphatic heterocycles. The van der Waals surface area contributed by atoms with Crippen LogP contribution in [0.4, 0.5) is 0 Å². The summed E-state index contributed by atoms with van der Waals surface area (Å²) >= 11 is 0. The first kappa shape index (κ1) is 16.5. The number of aryl methyl sites for hydroxylation is 1. The van der Waals surface area contributed by atoms with Crippen molar-refractivity contribution in [2.75, 3.05) is 40.3 Å². The molecule has 0 aliphatic carbocycles. The van der Waals surface area contributed by atoms with Crippen molar-refractivity contribution in [1.82, 2.24) is 15.1 Å². The van der Waals surface area contributed by atoms with Gasteiger partial charge in [0.15, 0.2) is 0 Å². The third-order valence-corrected chi connectivity index (χ3v) is 4.51. The van der Waals surface area contributed by atoms with Gasteiger partial charge in [0.2, 0.25) is 0 Å². The van der Waals surface area contributed by atoms with Gasteiger partial charge in [0.05, 0.1) is 0 Å². The Bertz CT molecular complexity index is 430. The highest BCUT2D eigenvalue weighted by Gasteiger charge is 2.27. The van der Waals surface area contributed by atoms with Crippen molar-refractivity contribution in [3.05, 3.63) is 35.4 Å². The monoisotopic (exact) mass is 289 g/mol. The van der Waals surface area contributed by atoms with Crippen LogP contribution in [-0.4, -0.2) is 56.1 Å². The Hall–Kier alpha value is -0.900. The zero-order chi connectivity index (χ0) is 15.2. The predicted octanol–water partition coefficient (Wildman–Crippen LogP) is 2.67. The molecular formula is C18H31N3. The number of likely N-dealkylation sites (tertiary alicyclic amines) is 1. The zero-order valence-electron chi connectivity index (χ0n) is 14.1. The normalized spacial score (nSPS) is 21.1. The molecule has 3 nitrogen and oxygen atoms in total. The van der Waals surface area contributed by atoms with Crippen molar-refractivity contribution >= 4 is 0 Å². The molecule has 0 aromatic heterocycles. The number of hydrogen-bond donors (Lipinski definition) is 1. The molecule has 1 fully saturated rings. The molecule has 2 unspecified atom stereocenters. The molecule has 1 aliphatic rings. The van der Waals surface area contributed by atoms with Crippen LogP contribution in [0.2, 0.25) is 0 Å². The zero-order valence-corrected chi connectivity index (χ0v) is 14.1. The minimum absolute atomic E-state index is 0.443. The first-order valence-electron chi connectivity index (χ1n) is 8.29. The number of likely N-dealkylation sites (N-methyl/N-ethyl adjacent to an activating group) is 2. The van der Waals surface area contributed by atoms with Crippen molar-refractivity contribution in [2.24, 2.45) is 0 Å². The van der Waals surface area contributed by atoms with Crippen molar-refractivity contribution in [2.45, 2.75) is 38.8 Å². The fraction of sp³-hybridized carbons (Fsp3) is 0.667. The van der Waals surface area contributed by atoms with E-state index in [2.05, 4.69) is 67.3 Å². The van der Waals surface area contributed by atoms with Crippen molar-refractivity contribution in [1.29, 1.82) is 0 Å². The van der Waals surface area contributed by atoms with Crippen LogP contribution in [0.25, 0.3) is 0 Å². The molecule has 0 amide bonds. The second-order valence-corrected chi connectivity index (χ2v) is 6.52. The fourth-order valence-corrected chi connectivity index (χ4v) is 3.50. The number of rotatable bonds is 7. The standard InChI is InChI=1S/C18H31N3/c1-5-19-18(17-11-7-6-9-15(17)2)14-21-12-8-10-16(21)13-20(3)4/h6-7,9,11,16,18-19H,5,8,10,12-14H2,1-4H3. The maximum atomic E-state index is 3.69. The second kappa shape index (κ2) is 7.92. The Morgan fingerprint density at radius 2 is 2.10 bits per heavy atom. The van der Waals surface area contributed by atoms with Gasteiger partial charge >= 0.3 is 0 Å². The van der Waals surface area contributed by atoms with Gasteiger partial charge in [0, 0.05) is 25.2 Å². The molecule has 1 N–H and O–H groups in total. The van der Waals surface area contributed by atoms with Gasteiger partial charge in [-0.2, -0.15) is 0 Å². The average molecular weight is 289 g/mol. The molecule has 2 rings (SSSR count). The number of benzene rings is 1. The van der Waals surface area contributed by atoms with Crippen LogP contribution in [0, 0.1) is 6.92 Å². The lowest BCUT2D eigenvalue weighted by Crippen LogP contribution is -2.42. The summed E-state index contributed by atoms with van der Waals surface area (Å²) in [6.07, 6.45) is 2.68. The van der Waals surface area contributed by atoms with E-state index < -0.39 is 0 Å². The number of hydrogen-bond acceptors (Lipinski definition) is 3. The molecule has 21 heavy (non-hydrogen) atoms. The molecule has 1 aromatic rings. The van der Waals surface area contributed by atoms with E-state index in [0.717, 1.165) is 13.1 Å². The third kappa shape index (κ3) is 4.53. The highest BCUT2D eigenvalue weighted by Crippen LogP contribution is 2.24. The van der Waals surface area contributed by atoms with Crippen molar-refractivity contribution in [3.63, 3.8) is 0 Å². The van der Waals surface area contributed by atoms with E-state index in [1.807, 2.05) is 0 Å². The van der Waals surface area contributed by atoms with Crippen LogP contribution in [0.1, 0.15) is 36.9 Å². The SMILES string of the molecule is CCNC(CN1CCCC1CN(C)C)c1ccccc1C. The lowest BCUT2D eigenvalue weighted by atomic mass is 10.0. The minimum atomic E-state index is 0.443. The van der Waals surface area contributed by atoms with Gasteiger partial charge in [-0.25, -0.2) is 0 Å².